The van der Waals surface area contributed by atoms with E-state index in [4.69, 9.17) is 9.47 Å². The predicted octanol–water partition coefficient (Wildman–Crippen LogP) is 2.81. The Morgan fingerprint density at radius 1 is 1.13 bits per heavy atom. The molecular formula is C16H16BrNO5. The number of halogens is 1. The lowest BCUT2D eigenvalue weighted by atomic mass is 10.1. The van der Waals surface area contributed by atoms with Gasteiger partial charge in [0, 0.05) is 24.2 Å². The van der Waals surface area contributed by atoms with E-state index >= 15 is 0 Å². The van der Waals surface area contributed by atoms with Crippen molar-refractivity contribution in [2.45, 2.75) is 6.54 Å². The Hall–Kier alpha value is -2.41. The number of phenols is 2. The zero-order chi connectivity index (χ0) is 17.0. The van der Waals surface area contributed by atoms with E-state index in [0.29, 0.717) is 27.1 Å². The van der Waals surface area contributed by atoms with Gasteiger partial charge in [0.2, 0.25) is 0 Å². The van der Waals surface area contributed by atoms with Crippen molar-refractivity contribution in [1.29, 1.82) is 0 Å². The minimum Gasteiger partial charge on any atom is -0.508 e. The van der Waals surface area contributed by atoms with Crippen LogP contribution in [0.5, 0.6) is 23.0 Å². The largest absolute Gasteiger partial charge is 0.508 e. The second kappa shape index (κ2) is 7.23. The lowest BCUT2D eigenvalue weighted by molar-refractivity contribution is 0.0947. The number of nitrogens with one attached hydrogen (secondary N) is 1. The molecule has 0 unspecified atom stereocenters. The van der Waals surface area contributed by atoms with Gasteiger partial charge in [-0.15, -0.1) is 0 Å². The quantitative estimate of drug-likeness (QED) is 0.740. The van der Waals surface area contributed by atoms with Crippen LogP contribution in [0, 0.1) is 0 Å². The first-order valence-electron chi connectivity index (χ1n) is 6.66. The number of aromatic hydroxyl groups is 2. The van der Waals surface area contributed by atoms with E-state index < -0.39 is 0 Å². The summed E-state index contributed by atoms with van der Waals surface area (Å²) in [6.45, 7) is 0.109. The summed E-state index contributed by atoms with van der Waals surface area (Å²) < 4.78 is 11.0. The second-order valence-electron chi connectivity index (χ2n) is 4.68. The van der Waals surface area contributed by atoms with E-state index in [-0.39, 0.29) is 24.0 Å². The van der Waals surface area contributed by atoms with Crippen LogP contribution in [0.4, 0.5) is 0 Å². The van der Waals surface area contributed by atoms with Gasteiger partial charge in [0.05, 0.1) is 24.3 Å². The van der Waals surface area contributed by atoms with Gasteiger partial charge in [-0.3, -0.25) is 4.79 Å². The summed E-state index contributed by atoms with van der Waals surface area (Å²) in [7, 11) is 2.98. The monoisotopic (exact) mass is 381 g/mol. The van der Waals surface area contributed by atoms with E-state index in [9.17, 15) is 15.0 Å². The molecule has 0 saturated carbocycles. The van der Waals surface area contributed by atoms with Crippen LogP contribution in [0.15, 0.2) is 34.8 Å². The van der Waals surface area contributed by atoms with Crippen LogP contribution in [0.2, 0.25) is 0 Å². The van der Waals surface area contributed by atoms with Crippen LogP contribution >= 0.6 is 15.9 Å². The molecular weight excluding hydrogens is 366 g/mol. The Balaban J connectivity index is 2.19. The van der Waals surface area contributed by atoms with Crippen molar-refractivity contribution in [3.05, 3.63) is 45.9 Å². The molecule has 2 rings (SSSR count). The van der Waals surface area contributed by atoms with Crippen LogP contribution in [0.3, 0.4) is 0 Å². The molecule has 0 fully saturated rings. The number of benzene rings is 2. The predicted molar refractivity (Wildman–Crippen MR) is 88.2 cm³/mol. The van der Waals surface area contributed by atoms with E-state index in [1.807, 2.05) is 0 Å². The Labute approximate surface area is 141 Å². The molecule has 1 amide bonds. The van der Waals surface area contributed by atoms with Crippen LogP contribution in [-0.4, -0.2) is 30.3 Å². The van der Waals surface area contributed by atoms with Crippen LogP contribution in [-0.2, 0) is 6.54 Å². The maximum atomic E-state index is 12.3. The molecule has 2 aromatic carbocycles. The van der Waals surface area contributed by atoms with Gasteiger partial charge in [-0.25, -0.2) is 0 Å². The number of phenolic OH excluding ortho intramolecular Hbond substituents is 2. The Kier molecular flexibility index (Phi) is 5.33. The molecule has 0 spiro atoms. The maximum Gasteiger partial charge on any atom is 0.255 e. The Morgan fingerprint density at radius 3 is 2.43 bits per heavy atom. The number of rotatable bonds is 5. The van der Waals surface area contributed by atoms with Crippen molar-refractivity contribution >= 4 is 21.8 Å². The van der Waals surface area contributed by atoms with Gasteiger partial charge in [-0.1, -0.05) is 0 Å². The number of carbonyl (C=O) groups excluding carboxylic acids is 1. The van der Waals surface area contributed by atoms with Gasteiger partial charge in [-0.05, 0) is 34.1 Å². The van der Waals surface area contributed by atoms with Gasteiger partial charge in [0.25, 0.3) is 5.91 Å². The smallest absolute Gasteiger partial charge is 0.255 e. The number of carbonyl (C=O) groups is 1. The fourth-order valence-corrected chi connectivity index (χ4v) is 2.52. The molecule has 0 bridgehead atoms. The highest BCUT2D eigenvalue weighted by atomic mass is 79.9. The van der Waals surface area contributed by atoms with Crippen LogP contribution < -0.4 is 14.8 Å². The molecule has 0 atom stereocenters. The summed E-state index contributed by atoms with van der Waals surface area (Å²) in [5, 5.41) is 21.7. The first-order chi connectivity index (χ1) is 11.0. The molecule has 6 nitrogen and oxygen atoms in total. The minimum atomic E-state index is -0.363. The fraction of sp³-hybridized carbons (Fsp3) is 0.188. The van der Waals surface area contributed by atoms with E-state index in [1.54, 1.807) is 12.1 Å². The Morgan fingerprint density at radius 2 is 1.83 bits per heavy atom. The molecule has 122 valence electrons. The molecule has 0 radical (unpaired) electrons. The third-order valence-electron chi connectivity index (χ3n) is 3.23. The van der Waals surface area contributed by atoms with E-state index in [1.165, 1.54) is 32.4 Å². The van der Waals surface area contributed by atoms with Gasteiger partial charge >= 0.3 is 0 Å². The zero-order valence-corrected chi connectivity index (χ0v) is 14.2. The first kappa shape index (κ1) is 17.0. The van der Waals surface area contributed by atoms with Crippen molar-refractivity contribution in [3.63, 3.8) is 0 Å². The van der Waals surface area contributed by atoms with E-state index in [2.05, 4.69) is 21.2 Å². The highest BCUT2D eigenvalue weighted by Gasteiger charge is 2.16. The third-order valence-corrected chi connectivity index (χ3v) is 3.85. The summed E-state index contributed by atoms with van der Waals surface area (Å²) >= 11 is 3.33. The summed E-state index contributed by atoms with van der Waals surface area (Å²) in [5.41, 5.74) is 0.820. The lowest BCUT2D eigenvalue weighted by Crippen LogP contribution is -2.23. The molecule has 23 heavy (non-hydrogen) atoms. The molecule has 3 N–H and O–H groups in total. The average Bonchev–Trinajstić information content (AvgIpc) is 2.53. The molecule has 0 aromatic heterocycles. The number of hydrogen-bond donors (Lipinski definition) is 3. The zero-order valence-electron chi connectivity index (χ0n) is 12.6. The van der Waals surface area contributed by atoms with Crippen LogP contribution in [0.1, 0.15) is 15.9 Å². The van der Waals surface area contributed by atoms with Gasteiger partial charge < -0.3 is 25.0 Å². The van der Waals surface area contributed by atoms with Gasteiger partial charge in [0.1, 0.15) is 23.0 Å². The summed E-state index contributed by atoms with van der Waals surface area (Å²) in [5.74, 6) is 0.427. The van der Waals surface area contributed by atoms with E-state index in [0.717, 1.165) is 0 Å². The SMILES string of the molecule is COc1cc(OC)c(C(=O)NCc2ccc(O)cc2O)cc1Br. The second-order valence-corrected chi connectivity index (χ2v) is 5.54. The highest BCUT2D eigenvalue weighted by molar-refractivity contribution is 9.10. The summed E-state index contributed by atoms with van der Waals surface area (Å²) in [6.07, 6.45) is 0. The van der Waals surface area contributed by atoms with Crippen molar-refractivity contribution in [3.8, 4) is 23.0 Å². The summed E-state index contributed by atoms with van der Waals surface area (Å²) in [4.78, 5) is 12.3. The minimum absolute atomic E-state index is 0.0432. The van der Waals surface area contributed by atoms with Crippen molar-refractivity contribution in [1.82, 2.24) is 5.32 Å². The van der Waals surface area contributed by atoms with Crippen molar-refractivity contribution in [2.24, 2.45) is 0 Å². The van der Waals surface area contributed by atoms with Crippen molar-refractivity contribution in [2.75, 3.05) is 14.2 Å². The standard InChI is InChI=1S/C16H16BrNO5/c1-22-14-7-15(23-2)12(17)6-11(14)16(21)18-8-9-3-4-10(19)5-13(9)20/h3-7,19-20H,8H2,1-2H3,(H,18,21). The number of hydrogen-bond acceptors (Lipinski definition) is 5. The van der Waals surface area contributed by atoms with Crippen molar-refractivity contribution < 1.29 is 24.5 Å². The van der Waals surface area contributed by atoms with Gasteiger partial charge in [-0.2, -0.15) is 0 Å². The topological polar surface area (TPSA) is 88.0 Å². The van der Waals surface area contributed by atoms with Crippen LogP contribution in [0.25, 0.3) is 0 Å². The number of ether oxygens (including phenoxy) is 2. The summed E-state index contributed by atoms with van der Waals surface area (Å²) in [6, 6.07) is 7.39. The van der Waals surface area contributed by atoms with Gasteiger partial charge in [0.15, 0.2) is 0 Å². The fourth-order valence-electron chi connectivity index (χ4n) is 2.01. The molecule has 0 heterocycles. The molecule has 7 heteroatoms. The molecule has 0 aliphatic carbocycles. The molecule has 2 aromatic rings. The Bertz CT molecular complexity index is 733. The molecule has 0 aliphatic rings. The molecule has 0 aliphatic heterocycles. The normalized spacial score (nSPS) is 10.2. The number of amides is 1. The highest BCUT2D eigenvalue weighted by Crippen LogP contribution is 2.33. The number of methoxy groups -OCH3 is 2. The third kappa shape index (κ3) is 3.87. The maximum absolute atomic E-state index is 12.3. The lowest BCUT2D eigenvalue weighted by Gasteiger charge is -2.13. The molecule has 0 saturated heterocycles. The first-order valence-corrected chi connectivity index (χ1v) is 7.46. The average molecular weight is 382 g/mol.